The molecule has 0 spiro atoms. The number of sulfonamides is 1. The Hall–Kier alpha value is -5.81. The van der Waals surface area contributed by atoms with E-state index in [4.69, 9.17) is 0 Å². The van der Waals surface area contributed by atoms with Gasteiger partial charge in [0, 0.05) is 73.6 Å². The van der Waals surface area contributed by atoms with Crippen LogP contribution in [-0.4, -0.2) is 130 Å². The van der Waals surface area contributed by atoms with E-state index in [1.54, 1.807) is 22.9 Å². The number of piperazine rings is 1. The molecule has 22 heteroatoms. The molecule has 66 heavy (non-hydrogen) atoms. The summed E-state index contributed by atoms with van der Waals surface area (Å²) in [5.41, 5.74) is -5.42. The topological polar surface area (TPSA) is 211 Å². The molecular weight excluding hydrogens is 924 g/mol. The van der Waals surface area contributed by atoms with Gasteiger partial charge in [0.1, 0.15) is 10.9 Å². The zero-order chi connectivity index (χ0) is 47.2. The number of thioether (sulfide) groups is 1. The van der Waals surface area contributed by atoms with E-state index in [1.165, 1.54) is 42.1 Å². The lowest BCUT2D eigenvalue weighted by Crippen LogP contribution is -2.54. The maximum absolute atomic E-state index is 14.1. The summed E-state index contributed by atoms with van der Waals surface area (Å²) in [7, 11) is -10.9. The van der Waals surface area contributed by atoms with Crippen LogP contribution >= 0.6 is 11.8 Å². The number of anilines is 2. The maximum Gasteiger partial charge on any atom is 0.501 e. The van der Waals surface area contributed by atoms with Crippen molar-refractivity contribution in [2.24, 2.45) is 0 Å². The number of carbonyl (C=O) groups is 5. The normalized spacial score (nSPS) is 17.9. The number of fused-ring (bicyclic) bond motifs is 1. The predicted molar refractivity (Wildman–Crippen MR) is 239 cm³/mol. The molecule has 16 nitrogen and oxygen atoms in total. The number of benzene rings is 4. The second-order valence-corrected chi connectivity index (χ2v) is 20.5. The van der Waals surface area contributed by atoms with E-state index in [1.807, 2.05) is 30.3 Å². The number of rotatable bonds is 18. The molecule has 1 unspecified atom stereocenters. The van der Waals surface area contributed by atoms with Crippen molar-refractivity contribution in [2.45, 2.75) is 58.0 Å². The minimum Gasteiger partial charge on any atom is -0.384 e. The van der Waals surface area contributed by atoms with Crippen LogP contribution in [0.5, 0.6) is 0 Å². The minimum absolute atomic E-state index is 0.0195. The molecular formula is C44H46F3N7O9S3. The number of carbonyl (C=O) groups excluding carboxylic acids is 5. The van der Waals surface area contributed by atoms with Crippen molar-refractivity contribution in [3.05, 3.63) is 114 Å². The van der Waals surface area contributed by atoms with E-state index in [0.717, 1.165) is 21.9 Å². The maximum atomic E-state index is 14.1. The van der Waals surface area contributed by atoms with Crippen molar-refractivity contribution in [1.29, 1.82) is 0 Å². The average Bonchev–Trinajstić information content (AvgIpc) is 3.55. The first-order valence-corrected chi connectivity index (χ1v) is 24.9. The molecule has 2 saturated heterocycles. The van der Waals surface area contributed by atoms with Crippen molar-refractivity contribution in [1.82, 2.24) is 24.7 Å². The molecule has 5 amide bonds. The number of nitrogens with zero attached hydrogens (tertiary/aromatic N) is 3. The lowest BCUT2D eigenvalue weighted by molar-refractivity contribution is -0.136. The third-order valence-electron chi connectivity index (χ3n) is 11.4. The van der Waals surface area contributed by atoms with Gasteiger partial charge in [-0.3, -0.25) is 34.2 Å². The highest BCUT2D eigenvalue weighted by molar-refractivity contribution is 7.99. The van der Waals surface area contributed by atoms with Crippen LogP contribution in [0, 0.1) is 0 Å². The number of hydrogen-bond acceptors (Lipinski definition) is 14. The summed E-state index contributed by atoms with van der Waals surface area (Å²) in [6.07, 6.45) is 1.14. The molecule has 4 N–H and O–H groups in total. The summed E-state index contributed by atoms with van der Waals surface area (Å²) >= 11 is 1.41. The SMILES string of the molecule is O=C1CCC(N2C(=O)c3cccc(NCCCN4CCN(CC[C@H](CSc5ccccc5)Nc5ccc(S(=O)(=O)NC(=O)c6ccccc6)cc5S(=O)(=O)C(F)(F)F)CC4)c3C2=O)C(=O)N1. The zero-order valence-corrected chi connectivity index (χ0v) is 37.7. The molecule has 3 aliphatic rings. The van der Waals surface area contributed by atoms with Crippen LogP contribution in [0.15, 0.2) is 112 Å². The van der Waals surface area contributed by atoms with Gasteiger partial charge in [0.15, 0.2) is 0 Å². The van der Waals surface area contributed by atoms with Crippen LogP contribution in [0.3, 0.4) is 0 Å². The summed E-state index contributed by atoms with van der Waals surface area (Å²) in [4.78, 5) is 67.6. The second kappa shape index (κ2) is 20.4. The van der Waals surface area contributed by atoms with Gasteiger partial charge in [0.25, 0.3) is 37.6 Å². The van der Waals surface area contributed by atoms with Crippen LogP contribution in [0.1, 0.15) is 56.8 Å². The molecule has 0 aromatic heterocycles. The highest BCUT2D eigenvalue weighted by Crippen LogP contribution is 2.37. The third kappa shape index (κ3) is 11.1. The lowest BCUT2D eigenvalue weighted by Gasteiger charge is -2.35. The predicted octanol–water partition coefficient (Wildman–Crippen LogP) is 4.58. The van der Waals surface area contributed by atoms with E-state index < -0.39 is 82.5 Å². The van der Waals surface area contributed by atoms with Crippen LogP contribution in [-0.2, 0) is 29.4 Å². The van der Waals surface area contributed by atoms with Gasteiger partial charge in [-0.05, 0) is 80.4 Å². The fraction of sp³-hybridized carbons (Fsp3) is 0.341. The Balaban J connectivity index is 0.964. The Morgan fingerprint density at radius 3 is 2.14 bits per heavy atom. The van der Waals surface area contributed by atoms with Crippen LogP contribution in [0.25, 0.3) is 0 Å². The molecule has 350 valence electrons. The minimum atomic E-state index is -6.09. The summed E-state index contributed by atoms with van der Waals surface area (Å²) in [5, 5.41) is 8.44. The van der Waals surface area contributed by atoms with Crippen LogP contribution < -0.4 is 20.7 Å². The first-order valence-electron chi connectivity index (χ1n) is 21.0. The fourth-order valence-corrected chi connectivity index (χ4v) is 10.9. The van der Waals surface area contributed by atoms with Gasteiger partial charge in [-0.1, -0.05) is 42.5 Å². The van der Waals surface area contributed by atoms with Crippen molar-refractivity contribution in [3.8, 4) is 0 Å². The molecule has 4 aromatic rings. The highest BCUT2D eigenvalue weighted by atomic mass is 32.2. The van der Waals surface area contributed by atoms with E-state index >= 15 is 0 Å². The third-order valence-corrected chi connectivity index (χ3v) is 15.4. The van der Waals surface area contributed by atoms with Crippen LogP contribution in [0.2, 0.25) is 0 Å². The standard InChI is InChI=1S/C44H46F3N7O9S3/c45-44(46,47)65(60,61)37-27-32(66(62,63)51-40(56)29-9-3-1-4-10-29)15-16-34(37)49-30(28-64-31-11-5-2-6-12-31)19-22-53-25-23-52(24-26-53)21-8-20-48-35-14-7-13-33-39(35)43(59)54(42(33)58)36-17-18-38(55)50-41(36)57/h1-7,9-16,27,30,36,48-49H,8,17-26,28H2,(H,51,56)(H,50,55,57)/t30-,36?/m1/s1. The molecule has 0 radical (unpaired) electrons. The zero-order valence-electron chi connectivity index (χ0n) is 35.3. The van der Waals surface area contributed by atoms with Gasteiger partial charge < -0.3 is 20.4 Å². The number of piperidine rings is 1. The Bertz CT molecular complexity index is 2710. The number of hydrogen-bond donors (Lipinski definition) is 4. The van der Waals surface area contributed by atoms with Gasteiger partial charge >= 0.3 is 5.51 Å². The summed E-state index contributed by atoms with van der Waals surface area (Å²) < 4.78 is 96.6. The number of sulfone groups is 1. The molecule has 2 fully saturated rings. The van der Waals surface area contributed by atoms with Crippen molar-refractivity contribution >= 4 is 72.5 Å². The van der Waals surface area contributed by atoms with Gasteiger partial charge in [0.2, 0.25) is 11.8 Å². The molecule has 7 rings (SSSR count). The molecule has 4 aromatic carbocycles. The molecule has 0 bridgehead atoms. The summed E-state index contributed by atoms with van der Waals surface area (Å²) in [6, 6.07) is 22.0. The Morgan fingerprint density at radius 2 is 1.47 bits per heavy atom. The average molecular weight is 970 g/mol. The van der Waals surface area contributed by atoms with Crippen molar-refractivity contribution < 1.29 is 54.0 Å². The summed E-state index contributed by atoms with van der Waals surface area (Å²) in [5.74, 6) is -3.06. The lowest BCUT2D eigenvalue weighted by atomic mass is 10.0. The molecule has 2 atom stereocenters. The smallest absolute Gasteiger partial charge is 0.384 e. The number of halogens is 3. The van der Waals surface area contributed by atoms with E-state index in [-0.39, 0.29) is 29.5 Å². The Morgan fingerprint density at radius 1 is 0.803 bits per heavy atom. The quantitative estimate of drug-likeness (QED) is 0.0611. The van der Waals surface area contributed by atoms with Gasteiger partial charge in [-0.25, -0.2) is 21.6 Å². The van der Waals surface area contributed by atoms with Crippen LogP contribution in [0.4, 0.5) is 24.5 Å². The number of alkyl halides is 3. The number of amides is 5. The monoisotopic (exact) mass is 969 g/mol. The van der Waals surface area contributed by atoms with E-state index in [2.05, 4.69) is 25.8 Å². The van der Waals surface area contributed by atoms with Gasteiger partial charge in [-0.15, -0.1) is 11.8 Å². The molecule has 3 heterocycles. The highest BCUT2D eigenvalue weighted by Gasteiger charge is 2.49. The Kier molecular flexibility index (Phi) is 14.9. The van der Waals surface area contributed by atoms with E-state index in [0.29, 0.717) is 76.2 Å². The van der Waals surface area contributed by atoms with Crippen molar-refractivity contribution in [3.63, 3.8) is 0 Å². The van der Waals surface area contributed by atoms with E-state index in [9.17, 15) is 54.0 Å². The molecule has 0 saturated carbocycles. The first-order chi connectivity index (χ1) is 31.4. The van der Waals surface area contributed by atoms with Gasteiger partial charge in [-0.2, -0.15) is 13.2 Å². The fourth-order valence-electron chi connectivity index (χ4n) is 7.86. The Labute approximate surface area is 383 Å². The first kappa shape index (κ1) is 48.1. The number of imide groups is 2. The van der Waals surface area contributed by atoms with Crippen molar-refractivity contribution in [2.75, 3.05) is 62.2 Å². The largest absolute Gasteiger partial charge is 0.501 e. The summed E-state index contributed by atoms with van der Waals surface area (Å²) in [6.45, 7) is 4.43. The number of nitrogens with one attached hydrogen (secondary N) is 4. The van der Waals surface area contributed by atoms with Gasteiger partial charge in [0.05, 0.1) is 21.7 Å². The molecule has 3 aliphatic heterocycles. The molecule has 0 aliphatic carbocycles. The second-order valence-electron chi connectivity index (χ2n) is 15.8.